The molecule has 0 aliphatic carbocycles. The Morgan fingerprint density at radius 2 is 2.29 bits per heavy atom. The van der Waals surface area contributed by atoms with Crippen molar-refractivity contribution in [3.63, 3.8) is 0 Å². The van der Waals surface area contributed by atoms with Gasteiger partial charge in [0.25, 0.3) is 0 Å². The fourth-order valence-corrected chi connectivity index (χ4v) is 4.31. The fraction of sp³-hybridized carbons (Fsp3) is 0.933. The zero-order chi connectivity index (χ0) is 21.4. The standard InChI is InChI=1S/C15H28N3O7PSi.V/c1-2-24-27-12-4-7-18-8-11-23-26(19,22-9-3-6-16)25-14-5-10-20-15(14)13-21-17;/h14-15,18H,2-5,7-13H2,1H3;/i10T;. The van der Waals surface area contributed by atoms with Crippen LogP contribution in [0, 0.1) is 11.3 Å². The molecular weight excluding hydrogens is 444 g/mol. The summed E-state index contributed by atoms with van der Waals surface area (Å²) in [5, 5.41) is 11.9. The Labute approximate surface area is 179 Å². The monoisotopic (exact) mass is 474 g/mol. The first kappa shape index (κ1) is 24.3. The summed E-state index contributed by atoms with van der Waals surface area (Å²) in [4.78, 5) is 4.95. The molecule has 0 bridgehead atoms. The molecule has 0 aromatic rings. The number of hydrogen-bond acceptors (Lipinski definition) is 10. The molecule has 0 aromatic heterocycles. The van der Waals surface area contributed by atoms with E-state index in [1.807, 2.05) is 30.2 Å². The topological polar surface area (TPSA) is 121 Å². The van der Waals surface area contributed by atoms with E-state index in [2.05, 4.69) is 9.27 Å². The Bertz CT molecular complexity index is 549. The Morgan fingerprint density at radius 3 is 3.04 bits per heavy atom. The van der Waals surface area contributed by atoms with Gasteiger partial charge in [-0.15, -0.1) is 0 Å². The average molecular weight is 474 g/mol. The van der Waals surface area contributed by atoms with E-state index in [0.717, 1.165) is 25.6 Å². The van der Waals surface area contributed by atoms with E-state index in [9.17, 15) is 4.57 Å². The minimum atomic E-state index is -3.93. The van der Waals surface area contributed by atoms with Crippen LogP contribution in [0.1, 0.15) is 27.6 Å². The molecule has 0 spiro atoms. The third-order valence-electron chi connectivity index (χ3n) is 3.45. The predicted octanol–water partition coefficient (Wildman–Crippen LogP) is 1.93. The minimum absolute atomic E-state index is 0.0525. The summed E-state index contributed by atoms with van der Waals surface area (Å²) >= 11 is 1.91. The van der Waals surface area contributed by atoms with Crippen molar-refractivity contribution in [3.05, 3.63) is 0 Å². The third kappa shape index (κ3) is 11.9. The van der Waals surface area contributed by atoms with Crippen LogP contribution in [0.2, 0.25) is 6.04 Å². The van der Waals surface area contributed by atoms with Crippen molar-refractivity contribution < 1.29 is 50.7 Å². The molecule has 1 saturated heterocycles. The third-order valence-corrected chi connectivity index (χ3v) is 6.20. The molecule has 28 heavy (non-hydrogen) atoms. The molecule has 10 nitrogen and oxygen atoms in total. The van der Waals surface area contributed by atoms with Gasteiger partial charge in [-0.05, 0) is 19.4 Å². The zero-order valence-electron chi connectivity index (χ0n) is 16.9. The van der Waals surface area contributed by atoms with Gasteiger partial charge < -0.3 is 4.43 Å². The normalized spacial score (nSPS) is 24.4. The van der Waals surface area contributed by atoms with Gasteiger partial charge in [0, 0.05) is 6.61 Å². The predicted molar refractivity (Wildman–Crippen MR) is 97.0 cm³/mol. The number of phosphoric ester groups is 1. The van der Waals surface area contributed by atoms with E-state index >= 15 is 0 Å². The Kier molecular flexibility index (Phi) is 14.6. The van der Waals surface area contributed by atoms with Gasteiger partial charge in [-0.2, -0.15) is 0 Å². The Hall–Kier alpha value is 0.0413. The van der Waals surface area contributed by atoms with Gasteiger partial charge in [0.1, 0.15) is 0 Å². The second-order valence-corrected chi connectivity index (χ2v) is 8.50. The van der Waals surface area contributed by atoms with Gasteiger partial charge in [0.05, 0.1) is 0 Å². The first-order chi connectivity index (χ1) is 14.0. The molecule has 4 unspecified atom stereocenters. The van der Waals surface area contributed by atoms with E-state index in [-0.39, 0.29) is 32.7 Å². The molecule has 159 valence electrons. The Balaban J connectivity index is 2.44. The maximum absolute atomic E-state index is 13.0. The van der Waals surface area contributed by atoms with Crippen molar-refractivity contribution in [2.24, 2.45) is 3.95 Å². The van der Waals surface area contributed by atoms with E-state index < -0.39 is 26.6 Å². The summed E-state index contributed by atoms with van der Waals surface area (Å²) < 4.78 is 51.1. The zero-order valence-corrected chi connectivity index (χ0v) is 19.2. The summed E-state index contributed by atoms with van der Waals surface area (Å²) in [5.41, 5.74) is 0. The molecule has 2 radical (unpaired) electrons. The van der Waals surface area contributed by atoms with Crippen molar-refractivity contribution in [1.82, 2.24) is 5.32 Å². The number of nitrogens with one attached hydrogen (secondary N) is 1. The summed E-state index contributed by atoms with van der Waals surface area (Å²) in [7, 11) is -3.42. The molecule has 1 rings (SSSR count). The first-order valence-electron chi connectivity index (χ1n) is 9.66. The van der Waals surface area contributed by atoms with Gasteiger partial charge in [-0.25, -0.2) is 0 Å². The van der Waals surface area contributed by atoms with Crippen molar-refractivity contribution in [2.75, 3.05) is 46.1 Å². The second-order valence-electron chi connectivity index (χ2n) is 5.55. The van der Waals surface area contributed by atoms with Crippen LogP contribution in [0.3, 0.4) is 0 Å². The van der Waals surface area contributed by atoms with Crippen LogP contribution in [0.25, 0.3) is 0 Å². The summed E-state index contributed by atoms with van der Waals surface area (Å²) in [6, 6.07) is 2.90. The maximum atomic E-state index is 13.0. The van der Waals surface area contributed by atoms with Crippen LogP contribution < -0.4 is 5.32 Å². The van der Waals surface area contributed by atoms with Crippen molar-refractivity contribution in [1.29, 1.82) is 5.26 Å². The van der Waals surface area contributed by atoms with Crippen LogP contribution in [0.15, 0.2) is 3.95 Å². The molecular formula is C15H28N3O7PSiV. The molecule has 0 aromatic carbocycles. The molecule has 0 amide bonds. The van der Waals surface area contributed by atoms with E-state index in [1.54, 1.807) is 0 Å². The average Bonchev–Trinajstić information content (AvgIpc) is 3.04. The number of rotatable bonds is 18. The molecule has 4 atom stereocenters. The van der Waals surface area contributed by atoms with Gasteiger partial charge in [0.2, 0.25) is 9.76 Å². The molecule has 1 N–H and O–H groups in total. The number of nitriles is 1. The van der Waals surface area contributed by atoms with Crippen LogP contribution in [-0.4, -0.2) is 68.1 Å². The molecule has 1 aliphatic heterocycles. The molecule has 1 heterocycles. The van der Waals surface area contributed by atoms with Crippen LogP contribution >= 0.6 is 7.82 Å². The van der Waals surface area contributed by atoms with Crippen LogP contribution in [0.5, 0.6) is 0 Å². The van der Waals surface area contributed by atoms with Gasteiger partial charge in [0.15, 0.2) is 0 Å². The molecule has 0 saturated carbocycles. The number of hydrogen-bond donors (Lipinski definition) is 1. The number of nitrogens with zero attached hydrogens (tertiary/aromatic N) is 2. The number of ether oxygens (including phenoxy) is 1. The van der Waals surface area contributed by atoms with Gasteiger partial charge in [-0.3, -0.25) is 0 Å². The second kappa shape index (κ2) is 16.8. The fourth-order valence-electron chi connectivity index (χ4n) is 2.16. The van der Waals surface area contributed by atoms with E-state index in [0.29, 0.717) is 16.3 Å². The SMILES string of the molecule is [3H]C1CC(OP(=O)(OCCC#N)OCCNCCC[Si]OCC)C(CO[N]=[V])O1. The Morgan fingerprint density at radius 1 is 1.46 bits per heavy atom. The summed E-state index contributed by atoms with van der Waals surface area (Å²) in [6.07, 6.45) is -0.103. The van der Waals surface area contributed by atoms with Crippen LogP contribution in [-0.2, 0) is 49.4 Å². The molecule has 13 heteroatoms. The first-order valence-corrected chi connectivity index (χ1v) is 12.3. The van der Waals surface area contributed by atoms with E-state index in [1.165, 1.54) is 0 Å². The summed E-state index contributed by atoms with van der Waals surface area (Å²) in [6.45, 7) is 3.21. The quantitative estimate of drug-likeness (QED) is 0.137. The van der Waals surface area contributed by atoms with Crippen molar-refractivity contribution >= 4 is 17.6 Å². The van der Waals surface area contributed by atoms with Crippen LogP contribution in [0.4, 0.5) is 0 Å². The molecule has 1 aliphatic rings. The van der Waals surface area contributed by atoms with Gasteiger partial charge >= 0.3 is 139 Å². The molecule has 1 fully saturated rings. The summed E-state index contributed by atoms with van der Waals surface area (Å²) in [5.74, 6) is 0. The van der Waals surface area contributed by atoms with Crippen molar-refractivity contribution in [2.45, 2.75) is 44.4 Å². The van der Waals surface area contributed by atoms with Gasteiger partial charge in [-0.1, -0.05) is 0 Å². The van der Waals surface area contributed by atoms with E-state index in [4.69, 9.17) is 34.2 Å². The van der Waals surface area contributed by atoms with Crippen molar-refractivity contribution in [3.8, 4) is 6.07 Å². The number of phosphoric acid groups is 1.